The van der Waals surface area contributed by atoms with Crippen LogP contribution in [-0.2, 0) is 0 Å². The van der Waals surface area contributed by atoms with Crippen LogP contribution in [0.15, 0.2) is 35.0 Å². The highest BCUT2D eigenvalue weighted by atomic mass is 32.1. The highest BCUT2D eigenvalue weighted by molar-refractivity contribution is 7.08. The van der Waals surface area contributed by atoms with Gasteiger partial charge in [0.05, 0.1) is 5.69 Å². The number of thiophene rings is 1. The molecule has 2 aromatic rings. The summed E-state index contributed by atoms with van der Waals surface area (Å²) >= 11 is 1.64. The quantitative estimate of drug-likeness (QED) is 0.532. The Morgan fingerprint density at radius 3 is 2.79 bits per heavy atom. The van der Waals surface area contributed by atoms with Gasteiger partial charge in [-0.25, -0.2) is 10.8 Å². The summed E-state index contributed by atoms with van der Waals surface area (Å²) in [6, 6.07) is 7.57. The van der Waals surface area contributed by atoms with Crippen LogP contribution in [0.1, 0.15) is 0 Å². The van der Waals surface area contributed by atoms with Gasteiger partial charge in [-0.1, -0.05) is 6.07 Å². The molecule has 2 rings (SSSR count). The van der Waals surface area contributed by atoms with Crippen molar-refractivity contribution in [3.05, 3.63) is 35.0 Å². The number of aromatic nitrogens is 1. The molecule has 0 aliphatic rings. The van der Waals surface area contributed by atoms with E-state index in [1.807, 2.05) is 29.0 Å². The molecular formula is C9H10N4S. The summed E-state index contributed by atoms with van der Waals surface area (Å²) in [5.41, 5.74) is 3.54. The molecule has 0 aliphatic carbocycles. The van der Waals surface area contributed by atoms with Crippen molar-refractivity contribution in [3.63, 3.8) is 0 Å². The predicted molar refractivity (Wildman–Crippen MR) is 59.6 cm³/mol. The lowest BCUT2D eigenvalue weighted by molar-refractivity contribution is 1.23. The molecule has 0 saturated heterocycles. The molecule has 4 N–H and O–H groups in total. The third-order valence-corrected chi connectivity index (χ3v) is 2.37. The van der Waals surface area contributed by atoms with Gasteiger partial charge < -0.3 is 10.7 Å². The smallest absolute Gasteiger partial charge is 0.142 e. The molecular weight excluding hydrogens is 196 g/mol. The van der Waals surface area contributed by atoms with Crippen LogP contribution in [0.25, 0.3) is 0 Å². The highest BCUT2D eigenvalue weighted by Gasteiger charge is 1.96. The van der Waals surface area contributed by atoms with Gasteiger partial charge >= 0.3 is 0 Å². The van der Waals surface area contributed by atoms with Crippen molar-refractivity contribution in [2.24, 2.45) is 5.84 Å². The van der Waals surface area contributed by atoms with Crippen molar-refractivity contribution >= 4 is 28.7 Å². The van der Waals surface area contributed by atoms with Crippen LogP contribution >= 0.6 is 11.3 Å². The zero-order valence-corrected chi connectivity index (χ0v) is 8.21. The van der Waals surface area contributed by atoms with E-state index in [1.165, 1.54) is 0 Å². The maximum absolute atomic E-state index is 5.25. The second-order valence-electron chi connectivity index (χ2n) is 2.69. The lowest BCUT2D eigenvalue weighted by atomic mass is 10.4. The maximum atomic E-state index is 5.25. The summed E-state index contributed by atoms with van der Waals surface area (Å²) in [5.74, 6) is 6.67. The van der Waals surface area contributed by atoms with E-state index in [1.54, 1.807) is 17.4 Å². The maximum Gasteiger partial charge on any atom is 0.142 e. The number of nitrogens with zero attached hydrogens (tertiary/aromatic N) is 1. The van der Waals surface area contributed by atoms with Gasteiger partial charge in [-0.05, 0) is 23.6 Å². The third kappa shape index (κ3) is 2.01. The topological polar surface area (TPSA) is 63.0 Å². The molecule has 2 heterocycles. The molecule has 0 amide bonds. The summed E-state index contributed by atoms with van der Waals surface area (Å²) in [6.07, 6.45) is 0. The molecule has 5 heteroatoms. The van der Waals surface area contributed by atoms with Crippen molar-refractivity contribution in [3.8, 4) is 0 Å². The molecule has 0 fully saturated rings. The van der Waals surface area contributed by atoms with E-state index in [0.29, 0.717) is 5.82 Å². The fourth-order valence-electron chi connectivity index (χ4n) is 1.07. The van der Waals surface area contributed by atoms with Crippen molar-refractivity contribution in [2.75, 3.05) is 10.7 Å². The standard InChI is InChI=1S/C9H10N4S/c10-13-9-3-1-2-8(12-9)11-7-4-5-14-6-7/h1-6H,10H2,(H2,11,12,13). The Morgan fingerprint density at radius 2 is 2.07 bits per heavy atom. The molecule has 0 spiro atoms. The van der Waals surface area contributed by atoms with Crippen LogP contribution < -0.4 is 16.6 Å². The van der Waals surface area contributed by atoms with Crippen molar-refractivity contribution < 1.29 is 0 Å². The molecule has 0 atom stereocenters. The average molecular weight is 206 g/mol. The lowest BCUT2D eigenvalue weighted by Gasteiger charge is -2.04. The summed E-state index contributed by atoms with van der Waals surface area (Å²) < 4.78 is 0. The van der Waals surface area contributed by atoms with Gasteiger partial charge in [0.2, 0.25) is 0 Å². The number of hydrazine groups is 1. The Morgan fingerprint density at radius 1 is 1.21 bits per heavy atom. The van der Waals surface area contributed by atoms with Crippen LogP contribution in [0.3, 0.4) is 0 Å². The molecule has 0 unspecified atom stereocenters. The first kappa shape index (κ1) is 8.98. The molecule has 4 nitrogen and oxygen atoms in total. The van der Waals surface area contributed by atoms with Crippen LogP contribution in [0.2, 0.25) is 0 Å². The van der Waals surface area contributed by atoms with Crippen LogP contribution in [-0.4, -0.2) is 4.98 Å². The Balaban J connectivity index is 2.17. The zero-order valence-electron chi connectivity index (χ0n) is 7.40. The van der Waals surface area contributed by atoms with E-state index < -0.39 is 0 Å². The first-order valence-corrected chi connectivity index (χ1v) is 5.05. The van der Waals surface area contributed by atoms with Crippen molar-refractivity contribution in [1.82, 2.24) is 4.98 Å². The Kier molecular flexibility index (Phi) is 2.62. The van der Waals surface area contributed by atoms with Crippen LogP contribution in [0.5, 0.6) is 0 Å². The Bertz CT molecular complexity index is 399. The first-order chi connectivity index (χ1) is 6.88. The Hall–Kier alpha value is -1.59. The second kappa shape index (κ2) is 4.08. The normalized spacial score (nSPS) is 9.79. The molecule has 72 valence electrons. The molecule has 2 aromatic heterocycles. The molecule has 0 radical (unpaired) electrons. The minimum atomic E-state index is 0.644. The number of pyridine rings is 1. The molecule has 14 heavy (non-hydrogen) atoms. The van der Waals surface area contributed by atoms with Crippen molar-refractivity contribution in [2.45, 2.75) is 0 Å². The van der Waals surface area contributed by atoms with Gasteiger partial charge in [0.1, 0.15) is 11.6 Å². The van der Waals surface area contributed by atoms with Crippen molar-refractivity contribution in [1.29, 1.82) is 0 Å². The molecule has 0 aliphatic heterocycles. The minimum Gasteiger partial charge on any atom is -0.339 e. The first-order valence-electron chi connectivity index (χ1n) is 4.11. The fraction of sp³-hybridized carbons (Fsp3) is 0. The molecule has 0 aromatic carbocycles. The van der Waals surface area contributed by atoms with Gasteiger partial charge in [-0.3, -0.25) is 0 Å². The SMILES string of the molecule is NNc1cccc(Nc2ccsc2)n1. The van der Waals surface area contributed by atoms with Gasteiger partial charge in [0.25, 0.3) is 0 Å². The summed E-state index contributed by atoms with van der Waals surface area (Å²) in [7, 11) is 0. The zero-order chi connectivity index (χ0) is 9.80. The Labute approximate surface area is 85.8 Å². The number of anilines is 3. The number of nitrogens with one attached hydrogen (secondary N) is 2. The largest absolute Gasteiger partial charge is 0.339 e. The predicted octanol–water partition coefficient (Wildman–Crippen LogP) is 2.17. The lowest BCUT2D eigenvalue weighted by Crippen LogP contribution is -2.08. The molecule has 0 saturated carbocycles. The van der Waals surface area contributed by atoms with E-state index in [9.17, 15) is 0 Å². The average Bonchev–Trinajstić information content (AvgIpc) is 2.71. The van der Waals surface area contributed by atoms with Gasteiger partial charge in [0.15, 0.2) is 0 Å². The number of nitrogen functional groups attached to an aromatic ring is 1. The highest BCUT2D eigenvalue weighted by Crippen LogP contribution is 2.18. The van der Waals surface area contributed by atoms with E-state index in [0.717, 1.165) is 11.5 Å². The monoisotopic (exact) mass is 206 g/mol. The van der Waals surface area contributed by atoms with E-state index in [-0.39, 0.29) is 0 Å². The fourth-order valence-corrected chi connectivity index (χ4v) is 1.66. The summed E-state index contributed by atoms with van der Waals surface area (Å²) in [5, 5.41) is 7.19. The number of rotatable bonds is 3. The van der Waals surface area contributed by atoms with Gasteiger partial charge in [0, 0.05) is 5.38 Å². The summed E-state index contributed by atoms with van der Waals surface area (Å²) in [6.45, 7) is 0. The van der Waals surface area contributed by atoms with E-state index in [2.05, 4.69) is 15.7 Å². The molecule has 0 bridgehead atoms. The third-order valence-electron chi connectivity index (χ3n) is 1.69. The van der Waals surface area contributed by atoms with Gasteiger partial charge in [-0.15, -0.1) is 0 Å². The van der Waals surface area contributed by atoms with Crippen LogP contribution in [0, 0.1) is 0 Å². The van der Waals surface area contributed by atoms with E-state index >= 15 is 0 Å². The number of nitrogens with two attached hydrogens (primary N) is 1. The van der Waals surface area contributed by atoms with Crippen LogP contribution in [0.4, 0.5) is 17.3 Å². The van der Waals surface area contributed by atoms with E-state index in [4.69, 9.17) is 5.84 Å². The second-order valence-corrected chi connectivity index (χ2v) is 3.47. The summed E-state index contributed by atoms with van der Waals surface area (Å²) in [4.78, 5) is 4.22. The number of hydrogen-bond donors (Lipinski definition) is 3. The minimum absolute atomic E-state index is 0.644. The van der Waals surface area contributed by atoms with Gasteiger partial charge in [-0.2, -0.15) is 11.3 Å². The number of hydrogen-bond acceptors (Lipinski definition) is 5.